The highest BCUT2D eigenvalue weighted by molar-refractivity contribution is 5.91. The number of aryl methyl sites for hydroxylation is 2. The average molecular weight is 367 g/mol. The van der Waals surface area contributed by atoms with E-state index in [0.717, 1.165) is 17.1 Å². The normalized spacial score (nSPS) is 12.9. The lowest BCUT2D eigenvalue weighted by atomic mass is 9.90. The maximum Gasteiger partial charge on any atom is 0.338 e. The van der Waals surface area contributed by atoms with Gasteiger partial charge in [-0.2, -0.15) is 5.26 Å². The molecule has 0 aliphatic heterocycles. The molecule has 1 atom stereocenters. The van der Waals surface area contributed by atoms with E-state index in [-0.39, 0.29) is 5.92 Å². The molecule has 1 amide bonds. The third-order valence-corrected chi connectivity index (χ3v) is 4.75. The maximum atomic E-state index is 12.2. The Kier molecular flexibility index (Phi) is 6.06. The smallest absolute Gasteiger partial charge is 0.338 e. The summed E-state index contributed by atoms with van der Waals surface area (Å²) in [4.78, 5) is 24.2. The minimum atomic E-state index is -1.00. The SMILES string of the molecule is Cc1ccc(C)n1-c1ccc(C(=O)OCC(=O)N[C@](C)(C#N)C(C)C)cc1. The molecule has 0 aliphatic rings. The van der Waals surface area contributed by atoms with Crippen LogP contribution in [0.3, 0.4) is 0 Å². The molecule has 0 radical (unpaired) electrons. The summed E-state index contributed by atoms with van der Waals surface area (Å²) in [6, 6.07) is 13.2. The minimum absolute atomic E-state index is 0.0738. The summed E-state index contributed by atoms with van der Waals surface area (Å²) in [6.45, 7) is 8.91. The van der Waals surface area contributed by atoms with Crippen molar-refractivity contribution in [3.63, 3.8) is 0 Å². The lowest BCUT2D eigenvalue weighted by Gasteiger charge is -2.27. The van der Waals surface area contributed by atoms with Crippen LogP contribution in [0.15, 0.2) is 36.4 Å². The largest absolute Gasteiger partial charge is 0.452 e. The summed E-state index contributed by atoms with van der Waals surface area (Å²) >= 11 is 0. The van der Waals surface area contributed by atoms with Gasteiger partial charge in [-0.3, -0.25) is 4.79 Å². The van der Waals surface area contributed by atoms with Gasteiger partial charge in [0.05, 0.1) is 11.6 Å². The Bertz CT molecular complexity index is 856. The second-order valence-electron chi connectivity index (χ2n) is 7.09. The number of ether oxygens (including phenoxy) is 1. The summed E-state index contributed by atoms with van der Waals surface area (Å²) in [5, 5.41) is 11.8. The first-order chi connectivity index (χ1) is 12.7. The number of hydrogen-bond donors (Lipinski definition) is 1. The number of benzene rings is 1. The quantitative estimate of drug-likeness (QED) is 0.794. The van der Waals surface area contributed by atoms with E-state index in [9.17, 15) is 14.9 Å². The molecule has 2 aromatic rings. The lowest BCUT2D eigenvalue weighted by Crippen LogP contribution is -2.50. The van der Waals surface area contributed by atoms with E-state index in [2.05, 4.69) is 16.0 Å². The van der Waals surface area contributed by atoms with Crippen LogP contribution in [0.25, 0.3) is 5.69 Å². The van der Waals surface area contributed by atoms with E-state index in [0.29, 0.717) is 5.56 Å². The number of nitriles is 1. The van der Waals surface area contributed by atoms with Crippen LogP contribution < -0.4 is 5.32 Å². The van der Waals surface area contributed by atoms with Crippen molar-refractivity contribution in [3.8, 4) is 11.8 Å². The van der Waals surface area contributed by atoms with Gasteiger partial charge in [0.25, 0.3) is 5.91 Å². The number of esters is 1. The van der Waals surface area contributed by atoms with Crippen LogP contribution in [0.1, 0.15) is 42.5 Å². The summed E-state index contributed by atoms with van der Waals surface area (Å²) in [5.41, 5.74) is 2.51. The van der Waals surface area contributed by atoms with Gasteiger partial charge in [-0.25, -0.2) is 4.79 Å². The zero-order valence-corrected chi connectivity index (χ0v) is 16.4. The highest BCUT2D eigenvalue weighted by Gasteiger charge is 2.30. The Morgan fingerprint density at radius 3 is 2.19 bits per heavy atom. The van der Waals surface area contributed by atoms with Crippen molar-refractivity contribution in [1.82, 2.24) is 9.88 Å². The summed E-state index contributed by atoms with van der Waals surface area (Å²) < 4.78 is 7.15. The Balaban J connectivity index is 1.99. The molecule has 0 bridgehead atoms. The predicted molar refractivity (Wildman–Crippen MR) is 103 cm³/mol. The molecule has 27 heavy (non-hydrogen) atoms. The van der Waals surface area contributed by atoms with Crippen LogP contribution in [0.5, 0.6) is 0 Å². The van der Waals surface area contributed by atoms with Crippen LogP contribution in [0, 0.1) is 31.1 Å². The average Bonchev–Trinajstić information content (AvgIpc) is 2.98. The van der Waals surface area contributed by atoms with Gasteiger partial charge in [0, 0.05) is 17.1 Å². The van der Waals surface area contributed by atoms with Crippen molar-refractivity contribution < 1.29 is 14.3 Å². The Morgan fingerprint density at radius 2 is 1.70 bits per heavy atom. The standard InChI is InChI=1S/C21H25N3O3/c1-14(2)21(5,13-22)23-19(25)12-27-20(26)17-8-10-18(11-9-17)24-15(3)6-7-16(24)4/h6-11,14H,12H2,1-5H3,(H,23,25)/t21-/m1/s1. The number of rotatable bonds is 6. The Hall–Kier alpha value is -3.07. The second kappa shape index (κ2) is 8.09. The molecule has 0 aliphatic carbocycles. The van der Waals surface area contributed by atoms with Gasteiger partial charge in [-0.15, -0.1) is 0 Å². The Morgan fingerprint density at radius 1 is 1.15 bits per heavy atom. The molecule has 2 rings (SSSR count). The van der Waals surface area contributed by atoms with Gasteiger partial charge in [0.1, 0.15) is 5.54 Å². The molecular weight excluding hydrogens is 342 g/mol. The fourth-order valence-corrected chi connectivity index (χ4v) is 2.66. The zero-order chi connectivity index (χ0) is 20.2. The van der Waals surface area contributed by atoms with Crippen molar-refractivity contribution in [2.45, 2.75) is 40.2 Å². The number of nitrogens with zero attached hydrogens (tertiary/aromatic N) is 2. The van der Waals surface area contributed by atoms with Crippen molar-refractivity contribution in [3.05, 3.63) is 53.3 Å². The first kappa shape index (κ1) is 20.2. The number of nitrogens with one attached hydrogen (secondary N) is 1. The lowest BCUT2D eigenvalue weighted by molar-refractivity contribution is -0.125. The van der Waals surface area contributed by atoms with Crippen molar-refractivity contribution in [2.75, 3.05) is 6.61 Å². The van der Waals surface area contributed by atoms with E-state index in [4.69, 9.17) is 4.74 Å². The van der Waals surface area contributed by atoms with Gasteiger partial charge in [0.15, 0.2) is 6.61 Å². The van der Waals surface area contributed by atoms with Crippen LogP contribution >= 0.6 is 0 Å². The van der Waals surface area contributed by atoms with Crippen LogP contribution in [0.4, 0.5) is 0 Å². The van der Waals surface area contributed by atoms with Gasteiger partial charge in [0.2, 0.25) is 0 Å². The molecule has 142 valence electrons. The van der Waals surface area contributed by atoms with Gasteiger partial charge < -0.3 is 14.6 Å². The highest BCUT2D eigenvalue weighted by Crippen LogP contribution is 2.17. The molecule has 1 aromatic heterocycles. The third-order valence-electron chi connectivity index (χ3n) is 4.75. The van der Waals surface area contributed by atoms with E-state index in [1.807, 2.05) is 52.0 Å². The van der Waals surface area contributed by atoms with E-state index in [1.165, 1.54) is 0 Å². The van der Waals surface area contributed by atoms with E-state index in [1.54, 1.807) is 19.1 Å². The third kappa shape index (κ3) is 4.56. The molecule has 1 N–H and O–H groups in total. The topological polar surface area (TPSA) is 84.1 Å². The number of aromatic nitrogens is 1. The summed E-state index contributed by atoms with van der Waals surface area (Å²) in [7, 11) is 0. The monoisotopic (exact) mass is 367 g/mol. The zero-order valence-electron chi connectivity index (χ0n) is 16.4. The first-order valence-corrected chi connectivity index (χ1v) is 8.82. The van der Waals surface area contributed by atoms with Crippen molar-refractivity contribution in [2.24, 2.45) is 5.92 Å². The molecule has 0 saturated heterocycles. The first-order valence-electron chi connectivity index (χ1n) is 8.82. The van der Waals surface area contributed by atoms with Gasteiger partial charge in [-0.05, 0) is 63.1 Å². The molecular formula is C21H25N3O3. The minimum Gasteiger partial charge on any atom is -0.452 e. The molecule has 6 heteroatoms. The summed E-state index contributed by atoms with van der Waals surface area (Å²) in [5.74, 6) is -1.16. The molecule has 6 nitrogen and oxygen atoms in total. The molecule has 1 aromatic carbocycles. The van der Waals surface area contributed by atoms with E-state index >= 15 is 0 Å². The van der Waals surface area contributed by atoms with Crippen LogP contribution in [-0.4, -0.2) is 28.6 Å². The van der Waals surface area contributed by atoms with Gasteiger partial charge >= 0.3 is 5.97 Å². The van der Waals surface area contributed by atoms with Gasteiger partial charge in [-0.1, -0.05) is 13.8 Å². The predicted octanol–water partition coefficient (Wildman–Crippen LogP) is 3.31. The summed E-state index contributed by atoms with van der Waals surface area (Å²) in [6.07, 6.45) is 0. The number of carbonyl (C=O) groups is 2. The number of amides is 1. The fraction of sp³-hybridized carbons (Fsp3) is 0.381. The van der Waals surface area contributed by atoms with Crippen molar-refractivity contribution in [1.29, 1.82) is 5.26 Å². The molecule has 0 unspecified atom stereocenters. The molecule has 0 saturated carbocycles. The molecule has 1 heterocycles. The molecule has 0 spiro atoms. The van der Waals surface area contributed by atoms with E-state index < -0.39 is 24.0 Å². The second-order valence-corrected chi connectivity index (χ2v) is 7.09. The van der Waals surface area contributed by atoms with Crippen LogP contribution in [0.2, 0.25) is 0 Å². The Labute approximate surface area is 159 Å². The fourth-order valence-electron chi connectivity index (χ4n) is 2.66. The molecule has 0 fully saturated rings. The number of hydrogen-bond acceptors (Lipinski definition) is 4. The van der Waals surface area contributed by atoms with Crippen molar-refractivity contribution >= 4 is 11.9 Å². The van der Waals surface area contributed by atoms with Crippen LogP contribution in [-0.2, 0) is 9.53 Å². The number of carbonyl (C=O) groups excluding carboxylic acids is 2. The maximum absolute atomic E-state index is 12.2. The highest BCUT2D eigenvalue weighted by atomic mass is 16.5.